The third-order valence-corrected chi connectivity index (χ3v) is 5.31. The van der Waals surface area contributed by atoms with Gasteiger partial charge in [-0.25, -0.2) is 9.97 Å². The molecule has 1 aliphatic heterocycles. The van der Waals surface area contributed by atoms with Gasteiger partial charge in [0.25, 0.3) is 0 Å². The Balaban J connectivity index is 1.62. The van der Waals surface area contributed by atoms with Gasteiger partial charge in [0.2, 0.25) is 11.9 Å². The number of nitrogen functional groups attached to an aromatic ring is 1. The molecule has 4 rings (SSSR count). The number of fused-ring (bicyclic) bond motifs is 1. The number of nitrogens with zero attached hydrogens (tertiary/aromatic N) is 3. The number of piperidine rings is 1. The Morgan fingerprint density at radius 1 is 1.07 bits per heavy atom. The molecule has 1 aliphatic rings. The van der Waals surface area contributed by atoms with Crippen LogP contribution in [0.3, 0.4) is 0 Å². The third kappa shape index (κ3) is 3.61. The summed E-state index contributed by atoms with van der Waals surface area (Å²) in [5.41, 5.74) is 14.6. The number of hydrogen-bond acceptors (Lipinski definition) is 5. The lowest BCUT2D eigenvalue weighted by molar-refractivity contribution is -0.124. The zero-order valence-corrected chi connectivity index (χ0v) is 15.1. The SMILES string of the molecule is NC(=O)C1CC(c2nc(N)nc3ccccc23)CCN1Cc1ccccc1. The molecule has 138 valence electrons. The van der Waals surface area contributed by atoms with Crippen molar-refractivity contribution in [2.45, 2.75) is 31.3 Å². The minimum absolute atomic E-state index is 0.129. The molecule has 3 aromatic rings. The molecule has 6 heteroatoms. The number of hydrogen-bond donors (Lipinski definition) is 2. The number of aromatic nitrogens is 2. The topological polar surface area (TPSA) is 98.1 Å². The van der Waals surface area contributed by atoms with Gasteiger partial charge in [0.15, 0.2) is 0 Å². The monoisotopic (exact) mass is 361 g/mol. The van der Waals surface area contributed by atoms with Crippen molar-refractivity contribution in [1.29, 1.82) is 0 Å². The molecule has 2 unspecified atom stereocenters. The summed E-state index contributed by atoms with van der Waals surface area (Å²) in [6.45, 7) is 1.50. The fourth-order valence-electron chi connectivity index (χ4n) is 4.00. The van der Waals surface area contributed by atoms with Gasteiger partial charge >= 0.3 is 0 Å². The molecule has 0 spiro atoms. The molecule has 2 atom stereocenters. The zero-order chi connectivity index (χ0) is 18.8. The highest BCUT2D eigenvalue weighted by Gasteiger charge is 2.34. The molecule has 1 amide bonds. The number of anilines is 1. The second-order valence-electron chi connectivity index (χ2n) is 7.08. The number of benzene rings is 2. The molecule has 0 radical (unpaired) electrons. The molecule has 27 heavy (non-hydrogen) atoms. The van der Waals surface area contributed by atoms with Gasteiger partial charge in [0.1, 0.15) is 0 Å². The van der Waals surface area contributed by atoms with Crippen LogP contribution in [0.1, 0.15) is 30.0 Å². The number of rotatable bonds is 4. The van der Waals surface area contributed by atoms with Crippen LogP contribution < -0.4 is 11.5 Å². The normalized spacial score (nSPS) is 20.6. The molecule has 1 aromatic heterocycles. The molecule has 6 nitrogen and oxygen atoms in total. The molecule has 0 aliphatic carbocycles. The van der Waals surface area contributed by atoms with Crippen molar-refractivity contribution < 1.29 is 4.79 Å². The van der Waals surface area contributed by atoms with Crippen LogP contribution >= 0.6 is 0 Å². The first kappa shape index (κ1) is 17.4. The molecular weight excluding hydrogens is 338 g/mol. The lowest BCUT2D eigenvalue weighted by atomic mass is 9.86. The van der Waals surface area contributed by atoms with Gasteiger partial charge in [-0.2, -0.15) is 0 Å². The Labute approximate surface area is 158 Å². The molecule has 0 bridgehead atoms. The number of para-hydroxylation sites is 1. The fourth-order valence-corrected chi connectivity index (χ4v) is 4.00. The first-order valence-corrected chi connectivity index (χ1v) is 9.21. The molecule has 2 aromatic carbocycles. The van der Waals surface area contributed by atoms with Crippen LogP contribution in [0.5, 0.6) is 0 Å². The van der Waals surface area contributed by atoms with E-state index in [1.165, 1.54) is 5.56 Å². The van der Waals surface area contributed by atoms with E-state index in [2.05, 4.69) is 27.0 Å². The highest BCUT2D eigenvalue weighted by Crippen LogP contribution is 2.35. The Morgan fingerprint density at radius 2 is 1.81 bits per heavy atom. The van der Waals surface area contributed by atoms with Crippen LogP contribution in [0.15, 0.2) is 54.6 Å². The highest BCUT2D eigenvalue weighted by molar-refractivity contribution is 5.83. The van der Waals surface area contributed by atoms with Gasteiger partial charge in [0.05, 0.1) is 17.3 Å². The van der Waals surface area contributed by atoms with E-state index >= 15 is 0 Å². The van der Waals surface area contributed by atoms with E-state index in [0.717, 1.165) is 29.6 Å². The number of primary amides is 1. The Hall–Kier alpha value is -2.99. The van der Waals surface area contributed by atoms with Crippen LogP contribution in [0.4, 0.5) is 5.95 Å². The molecule has 2 heterocycles. The summed E-state index contributed by atoms with van der Waals surface area (Å²) in [5.74, 6) is 0.109. The van der Waals surface area contributed by atoms with Crippen molar-refractivity contribution in [3.05, 3.63) is 65.9 Å². The molecule has 0 saturated carbocycles. The van der Waals surface area contributed by atoms with Gasteiger partial charge in [0, 0.05) is 17.8 Å². The molecule has 1 saturated heterocycles. The van der Waals surface area contributed by atoms with Crippen molar-refractivity contribution in [2.75, 3.05) is 12.3 Å². The highest BCUT2D eigenvalue weighted by atomic mass is 16.1. The predicted octanol–water partition coefficient (Wildman–Crippen LogP) is 2.45. The van der Waals surface area contributed by atoms with Crippen molar-refractivity contribution in [1.82, 2.24) is 14.9 Å². The first-order chi connectivity index (χ1) is 13.1. The lowest BCUT2D eigenvalue weighted by Crippen LogP contribution is -2.49. The maximum absolute atomic E-state index is 12.2. The summed E-state index contributed by atoms with van der Waals surface area (Å²) < 4.78 is 0. The van der Waals surface area contributed by atoms with Crippen molar-refractivity contribution in [3.63, 3.8) is 0 Å². The van der Waals surface area contributed by atoms with Gasteiger partial charge in [-0.05, 0) is 31.0 Å². The predicted molar refractivity (Wildman–Crippen MR) is 106 cm³/mol. The lowest BCUT2D eigenvalue weighted by Gasteiger charge is -2.37. The van der Waals surface area contributed by atoms with E-state index in [1.54, 1.807) is 0 Å². The largest absolute Gasteiger partial charge is 0.368 e. The molecular formula is C21H23N5O. The Bertz CT molecular complexity index is 959. The minimum Gasteiger partial charge on any atom is -0.368 e. The number of nitrogens with two attached hydrogens (primary N) is 2. The fraction of sp³-hybridized carbons (Fsp3) is 0.286. The standard InChI is InChI=1S/C21H23N5O/c22-20(27)18-12-15(10-11-26(18)13-14-6-2-1-3-7-14)19-16-8-4-5-9-17(16)24-21(23)25-19/h1-9,15,18H,10-13H2,(H2,22,27)(H2,23,24,25). The van der Waals surface area contributed by atoms with Crippen molar-refractivity contribution in [3.8, 4) is 0 Å². The van der Waals surface area contributed by atoms with Crippen LogP contribution in [0.25, 0.3) is 10.9 Å². The van der Waals surface area contributed by atoms with Crippen LogP contribution in [0.2, 0.25) is 0 Å². The second kappa shape index (κ2) is 7.32. The third-order valence-electron chi connectivity index (χ3n) is 5.31. The van der Waals surface area contributed by atoms with E-state index in [1.807, 2.05) is 42.5 Å². The summed E-state index contributed by atoms with van der Waals surface area (Å²) in [5, 5.41) is 0.997. The van der Waals surface area contributed by atoms with Crippen molar-refractivity contribution in [2.24, 2.45) is 5.73 Å². The van der Waals surface area contributed by atoms with E-state index in [9.17, 15) is 4.79 Å². The summed E-state index contributed by atoms with van der Waals surface area (Å²) in [6, 6.07) is 17.7. The van der Waals surface area contributed by atoms with Gasteiger partial charge < -0.3 is 11.5 Å². The van der Waals surface area contributed by atoms with Crippen LogP contribution in [-0.2, 0) is 11.3 Å². The van der Waals surface area contributed by atoms with Gasteiger partial charge in [-0.1, -0.05) is 48.5 Å². The zero-order valence-electron chi connectivity index (χ0n) is 15.1. The maximum atomic E-state index is 12.2. The summed E-state index contributed by atoms with van der Waals surface area (Å²) in [4.78, 5) is 23.2. The maximum Gasteiger partial charge on any atom is 0.234 e. The van der Waals surface area contributed by atoms with Crippen LogP contribution in [-0.4, -0.2) is 33.4 Å². The van der Waals surface area contributed by atoms with E-state index in [0.29, 0.717) is 13.0 Å². The quantitative estimate of drug-likeness (QED) is 0.744. The summed E-state index contributed by atoms with van der Waals surface area (Å²) >= 11 is 0. The minimum atomic E-state index is -0.320. The number of amides is 1. The first-order valence-electron chi connectivity index (χ1n) is 9.21. The summed E-state index contributed by atoms with van der Waals surface area (Å²) in [6.07, 6.45) is 1.54. The second-order valence-corrected chi connectivity index (χ2v) is 7.08. The Morgan fingerprint density at radius 3 is 2.59 bits per heavy atom. The number of carbonyl (C=O) groups is 1. The van der Waals surface area contributed by atoms with Crippen LogP contribution in [0, 0.1) is 0 Å². The average molecular weight is 361 g/mol. The van der Waals surface area contributed by atoms with Gasteiger partial charge in [-0.15, -0.1) is 0 Å². The van der Waals surface area contributed by atoms with E-state index < -0.39 is 0 Å². The van der Waals surface area contributed by atoms with Gasteiger partial charge in [-0.3, -0.25) is 9.69 Å². The van der Waals surface area contributed by atoms with E-state index in [4.69, 9.17) is 11.5 Å². The summed E-state index contributed by atoms with van der Waals surface area (Å²) in [7, 11) is 0. The van der Waals surface area contributed by atoms with Crippen molar-refractivity contribution >= 4 is 22.8 Å². The Kier molecular flexibility index (Phi) is 4.73. The molecule has 4 N–H and O–H groups in total. The number of carbonyl (C=O) groups excluding carboxylic acids is 1. The van der Waals surface area contributed by atoms with E-state index in [-0.39, 0.29) is 23.8 Å². The average Bonchev–Trinajstić information content (AvgIpc) is 2.68. The molecule has 1 fully saturated rings. The number of likely N-dealkylation sites (tertiary alicyclic amines) is 1. The smallest absolute Gasteiger partial charge is 0.234 e.